The van der Waals surface area contributed by atoms with Crippen LogP contribution in [0.2, 0.25) is 0 Å². The molecule has 43 heavy (non-hydrogen) atoms. The second kappa shape index (κ2) is 19.5. The van der Waals surface area contributed by atoms with Crippen molar-refractivity contribution < 1.29 is 23.9 Å². The number of hydrogen-bond donors (Lipinski definition) is 2. The minimum atomic E-state index is -0.388. The maximum atomic E-state index is 11.4. The molecule has 0 saturated carbocycles. The van der Waals surface area contributed by atoms with Crippen LogP contribution < -0.4 is 20.9 Å². The summed E-state index contributed by atoms with van der Waals surface area (Å²) in [5.74, 6) is 2.19. The predicted molar refractivity (Wildman–Crippen MR) is 170 cm³/mol. The van der Waals surface area contributed by atoms with E-state index in [-0.39, 0.29) is 18.0 Å². The van der Waals surface area contributed by atoms with E-state index < -0.39 is 0 Å². The average Bonchev–Trinajstić information content (AvgIpc) is 3.02. The van der Waals surface area contributed by atoms with Gasteiger partial charge in [0, 0.05) is 24.9 Å². The summed E-state index contributed by atoms with van der Waals surface area (Å²) in [5.41, 5.74) is 13.3. The monoisotopic (exact) mass is 595 g/mol. The van der Waals surface area contributed by atoms with Crippen molar-refractivity contribution in [1.29, 1.82) is 0 Å². The fraction of sp³-hybridized carbons (Fsp3) is 0.545. The predicted octanol–water partition coefficient (Wildman–Crippen LogP) is 5.43. The Balaban J connectivity index is 1.22. The second-order valence-electron chi connectivity index (χ2n) is 10.9. The first kappa shape index (κ1) is 33.9. The third kappa shape index (κ3) is 13.5. The van der Waals surface area contributed by atoms with E-state index in [1.807, 2.05) is 55.5 Å². The van der Waals surface area contributed by atoms with Crippen molar-refractivity contribution in [3.63, 3.8) is 0 Å². The van der Waals surface area contributed by atoms with Crippen LogP contribution in [0.4, 0.5) is 0 Å². The van der Waals surface area contributed by atoms with Gasteiger partial charge in [-0.25, -0.2) is 4.79 Å². The van der Waals surface area contributed by atoms with Crippen molar-refractivity contribution in [3.05, 3.63) is 59.7 Å². The number of likely N-dealkylation sites (tertiary alicyclic amines) is 1. The molecule has 1 atom stereocenters. The average molecular weight is 596 g/mol. The molecule has 0 aromatic heterocycles. The van der Waals surface area contributed by atoms with Gasteiger partial charge in [-0.1, -0.05) is 30.6 Å². The lowest BCUT2D eigenvalue weighted by Crippen LogP contribution is -2.35. The number of carbonyl (C=O) groups is 1. The highest BCUT2D eigenvalue weighted by Crippen LogP contribution is 2.22. The Labute approximate surface area is 256 Å². The Morgan fingerprint density at radius 3 is 2.28 bits per heavy atom. The number of piperidine rings is 1. The van der Waals surface area contributed by atoms with E-state index >= 15 is 0 Å². The SMILES string of the molecule is CCCC(=O)ON=C(N)c1ccc(OCCCN2CCC(CCCOc3ccc(C=NOC(N)CCC)cc3)CC2)cc1. The Morgan fingerprint density at radius 1 is 0.977 bits per heavy atom. The molecule has 10 heteroatoms. The van der Waals surface area contributed by atoms with Crippen molar-refractivity contribution in [1.82, 2.24) is 4.90 Å². The van der Waals surface area contributed by atoms with E-state index in [1.54, 1.807) is 6.21 Å². The largest absolute Gasteiger partial charge is 0.494 e. The highest BCUT2D eigenvalue weighted by molar-refractivity contribution is 5.97. The van der Waals surface area contributed by atoms with Crippen LogP contribution in [0.5, 0.6) is 11.5 Å². The van der Waals surface area contributed by atoms with Crippen LogP contribution in [-0.4, -0.2) is 62.0 Å². The summed E-state index contributed by atoms with van der Waals surface area (Å²) in [5, 5.41) is 7.67. The zero-order valence-electron chi connectivity index (χ0n) is 25.8. The first-order valence-corrected chi connectivity index (χ1v) is 15.6. The van der Waals surface area contributed by atoms with Crippen molar-refractivity contribution in [3.8, 4) is 11.5 Å². The number of amidine groups is 1. The van der Waals surface area contributed by atoms with Gasteiger partial charge in [0.2, 0.25) is 0 Å². The smallest absolute Gasteiger partial charge is 0.335 e. The van der Waals surface area contributed by atoms with Crippen LogP contribution in [-0.2, 0) is 14.5 Å². The summed E-state index contributed by atoms with van der Waals surface area (Å²) in [6.45, 7) is 8.66. The first-order chi connectivity index (χ1) is 21.0. The van der Waals surface area contributed by atoms with Gasteiger partial charge in [0.1, 0.15) is 11.5 Å². The molecule has 2 aromatic rings. The molecule has 1 fully saturated rings. The Kier molecular flexibility index (Phi) is 15.4. The molecule has 0 radical (unpaired) electrons. The van der Waals surface area contributed by atoms with Gasteiger partial charge in [0.15, 0.2) is 12.1 Å². The van der Waals surface area contributed by atoms with Crippen LogP contribution in [0.3, 0.4) is 0 Å². The van der Waals surface area contributed by atoms with Gasteiger partial charge in [-0.3, -0.25) is 5.73 Å². The molecule has 1 aliphatic heterocycles. The third-order valence-corrected chi connectivity index (χ3v) is 7.32. The minimum Gasteiger partial charge on any atom is -0.494 e. The molecule has 1 unspecified atom stereocenters. The number of nitrogens with zero attached hydrogens (tertiary/aromatic N) is 3. The number of carbonyl (C=O) groups excluding carboxylic acids is 1. The van der Waals surface area contributed by atoms with Gasteiger partial charge in [0.25, 0.3) is 0 Å². The van der Waals surface area contributed by atoms with Crippen molar-refractivity contribution in [2.75, 3.05) is 32.8 Å². The highest BCUT2D eigenvalue weighted by Gasteiger charge is 2.18. The molecule has 0 spiro atoms. The molecule has 0 amide bonds. The fourth-order valence-corrected chi connectivity index (χ4v) is 4.82. The van der Waals surface area contributed by atoms with Gasteiger partial charge >= 0.3 is 5.97 Å². The number of oxime groups is 2. The molecule has 1 saturated heterocycles. The van der Waals surface area contributed by atoms with E-state index in [0.717, 1.165) is 74.9 Å². The zero-order valence-corrected chi connectivity index (χ0v) is 25.8. The van der Waals surface area contributed by atoms with E-state index in [9.17, 15) is 4.79 Å². The van der Waals surface area contributed by atoms with Crippen LogP contribution in [0.25, 0.3) is 0 Å². The van der Waals surface area contributed by atoms with E-state index in [2.05, 4.69) is 22.1 Å². The Morgan fingerprint density at radius 2 is 1.63 bits per heavy atom. The quantitative estimate of drug-likeness (QED) is 0.0549. The maximum absolute atomic E-state index is 11.4. The number of rotatable bonds is 19. The lowest BCUT2D eigenvalue weighted by atomic mass is 9.92. The molecule has 10 nitrogen and oxygen atoms in total. The molecule has 0 bridgehead atoms. The van der Waals surface area contributed by atoms with Crippen LogP contribution >= 0.6 is 0 Å². The lowest BCUT2D eigenvalue weighted by molar-refractivity contribution is -0.143. The maximum Gasteiger partial charge on any atom is 0.335 e. The lowest BCUT2D eigenvalue weighted by Gasteiger charge is -2.32. The summed E-state index contributed by atoms with van der Waals surface area (Å²) in [4.78, 5) is 24.0. The number of hydrogen-bond acceptors (Lipinski definition) is 9. The zero-order chi connectivity index (χ0) is 30.7. The second-order valence-corrected chi connectivity index (χ2v) is 10.9. The molecular formula is C33H49N5O5. The molecule has 2 aromatic carbocycles. The highest BCUT2D eigenvalue weighted by atomic mass is 16.7. The topological polar surface area (TPSA) is 134 Å². The fourth-order valence-electron chi connectivity index (χ4n) is 4.82. The third-order valence-electron chi connectivity index (χ3n) is 7.32. The van der Waals surface area contributed by atoms with Gasteiger partial charge < -0.3 is 29.8 Å². The van der Waals surface area contributed by atoms with Crippen molar-refractivity contribution in [2.24, 2.45) is 27.7 Å². The van der Waals surface area contributed by atoms with Gasteiger partial charge in [-0.15, -0.1) is 0 Å². The van der Waals surface area contributed by atoms with Crippen LogP contribution in [0.1, 0.15) is 82.8 Å². The van der Waals surface area contributed by atoms with Gasteiger partial charge in [-0.05, 0) is 112 Å². The van der Waals surface area contributed by atoms with Crippen LogP contribution in [0, 0.1) is 5.92 Å². The number of ether oxygens (including phenoxy) is 2. The molecule has 4 N–H and O–H groups in total. The molecule has 236 valence electrons. The van der Waals surface area contributed by atoms with Crippen molar-refractivity contribution >= 4 is 18.0 Å². The first-order valence-electron chi connectivity index (χ1n) is 15.6. The number of nitrogens with two attached hydrogens (primary N) is 2. The molecule has 1 heterocycles. The summed E-state index contributed by atoms with van der Waals surface area (Å²) in [6.07, 6.45) is 9.79. The summed E-state index contributed by atoms with van der Waals surface area (Å²) < 4.78 is 11.8. The Hall–Kier alpha value is -3.63. The van der Waals surface area contributed by atoms with Crippen molar-refractivity contribution in [2.45, 2.75) is 77.9 Å². The Bertz CT molecular complexity index is 1120. The van der Waals surface area contributed by atoms with Gasteiger partial charge in [0.05, 0.1) is 19.4 Å². The normalized spacial score (nSPS) is 15.4. The van der Waals surface area contributed by atoms with E-state index in [0.29, 0.717) is 25.0 Å². The minimum absolute atomic E-state index is 0.166. The van der Waals surface area contributed by atoms with E-state index in [4.69, 9.17) is 30.6 Å². The molecule has 0 aliphatic carbocycles. The van der Waals surface area contributed by atoms with Gasteiger partial charge in [-0.2, -0.15) is 0 Å². The molecular weight excluding hydrogens is 546 g/mol. The summed E-state index contributed by atoms with van der Waals surface area (Å²) in [6, 6.07) is 15.2. The standard InChI is InChI=1S/C33H49N5O5/c1-3-7-31(34)42-36-25-27-10-14-29(15-11-27)40-23-5-9-26-18-21-38(22-19-26)20-6-24-41-30-16-12-28(13-17-30)33(35)37-43-32(39)8-4-2/h10-17,25-26,31H,3-9,18-24,34H2,1-2H3,(H2,35,37). The summed E-state index contributed by atoms with van der Waals surface area (Å²) >= 11 is 0. The molecule has 1 aliphatic rings. The summed E-state index contributed by atoms with van der Waals surface area (Å²) in [7, 11) is 0. The van der Waals surface area contributed by atoms with Crippen LogP contribution in [0.15, 0.2) is 58.8 Å². The van der Waals surface area contributed by atoms with E-state index in [1.165, 1.54) is 19.3 Å². The molecule has 3 rings (SSSR count). The number of benzene rings is 2.